The van der Waals surface area contributed by atoms with Crippen molar-refractivity contribution in [2.75, 3.05) is 40.3 Å². The number of nitriles is 4. The summed E-state index contributed by atoms with van der Waals surface area (Å²) in [6.07, 6.45) is 2.56. The number of carboxylic acids is 1. The van der Waals surface area contributed by atoms with Crippen LogP contribution in [-0.4, -0.2) is 207 Å². The van der Waals surface area contributed by atoms with E-state index in [4.69, 9.17) is 62.7 Å². The topological polar surface area (TPSA) is 465 Å². The van der Waals surface area contributed by atoms with Gasteiger partial charge in [-0.2, -0.15) is 52.7 Å². The predicted octanol–water partition coefficient (Wildman–Crippen LogP) is 12.8. The number of aromatic nitrogens is 8. The Morgan fingerprint density at radius 1 is 0.594 bits per heavy atom. The van der Waals surface area contributed by atoms with Crippen molar-refractivity contribution >= 4 is 139 Å². The number of nitrogens with one attached hydrogen (secondary N) is 4. The molecule has 0 bridgehead atoms. The number of halogens is 8. The molecule has 3 aliphatic heterocycles. The van der Waals surface area contributed by atoms with E-state index in [0.29, 0.717) is 40.6 Å². The summed E-state index contributed by atoms with van der Waals surface area (Å²) in [5.41, 5.74) is 3.08. The number of aliphatic carboxylic acids is 1. The fourth-order valence-corrected chi connectivity index (χ4v) is 25.8. The molecule has 4 amide bonds. The summed E-state index contributed by atoms with van der Waals surface area (Å²) in [5.74, 6) is -4.64. The highest BCUT2D eigenvalue weighted by Gasteiger charge is 2.49. The number of likely N-dealkylation sites (N-methyl/N-ethyl adjacent to an activating group) is 1. The van der Waals surface area contributed by atoms with Gasteiger partial charge in [0.15, 0.2) is 5.82 Å². The van der Waals surface area contributed by atoms with Crippen molar-refractivity contribution in [3.63, 3.8) is 0 Å². The van der Waals surface area contributed by atoms with Crippen LogP contribution in [0.5, 0.6) is 5.75 Å². The van der Waals surface area contributed by atoms with Crippen molar-refractivity contribution in [1.29, 1.82) is 21.0 Å². The van der Waals surface area contributed by atoms with Crippen molar-refractivity contribution < 1.29 is 80.7 Å². The van der Waals surface area contributed by atoms with Gasteiger partial charge < -0.3 is 57.3 Å². The number of benzene rings is 5. The van der Waals surface area contributed by atoms with Gasteiger partial charge in [0, 0.05) is 126 Å². The van der Waals surface area contributed by atoms with Crippen molar-refractivity contribution in [2.24, 2.45) is 11.8 Å². The van der Waals surface area contributed by atoms with E-state index in [1.165, 1.54) is 112 Å². The lowest BCUT2D eigenvalue weighted by atomic mass is 9.91. The van der Waals surface area contributed by atoms with Crippen LogP contribution in [0, 0.1) is 71.0 Å². The number of rotatable bonds is 33. The SMILES string of the molecule is CC1CC(C(=O)O)CCN1C(=O)C(CCn1cccc1C#N)NS(=O)(=O)c1c(Cl)cccc1Cl.COc1ccc(C)cc1CN(C)C(=O)C(CC(N(C(CCn1cccc1C#N)C(=O)N1CCn2cnnc2C1)S(=O)(=O)c1cccc2[nH]ccc12)n1cccc1C#N)NS(=O)(=O)c1c(C)cccc1Cl.N#Cc1cccn1CCC(NS(=O)(=O)c1c(Cl)cccc1Cl)C(=O)N1CCC(C(F)(F)F)CC1. The molecule has 138 heavy (non-hydrogen) atoms. The zero-order valence-corrected chi connectivity index (χ0v) is 81.7. The van der Waals surface area contributed by atoms with Gasteiger partial charge in [-0.25, -0.2) is 33.7 Å². The third kappa shape index (κ3) is 24.4. The molecule has 0 spiro atoms. The number of nitrogens with zero attached hydrogens (tertiary/aromatic N) is 16. The third-order valence-corrected chi connectivity index (χ3v) is 32.9. The lowest BCUT2D eigenvalue weighted by Gasteiger charge is -2.41. The average molecular weight is 2070 g/mol. The Labute approximate surface area is 819 Å². The second-order valence-electron chi connectivity index (χ2n) is 32.9. The Morgan fingerprint density at radius 2 is 1.10 bits per heavy atom. The maximum absolute atomic E-state index is 16.2. The third-order valence-electron chi connectivity index (χ3n) is 24.0. The van der Waals surface area contributed by atoms with Crippen LogP contribution in [0.4, 0.5) is 13.2 Å². The lowest BCUT2D eigenvalue weighted by molar-refractivity contribution is -0.186. The summed E-state index contributed by atoms with van der Waals surface area (Å²) in [7, 11) is -15.3. The second-order valence-corrected chi connectivity index (χ2v) is 41.7. The number of sulfonamides is 4. The Morgan fingerprint density at radius 3 is 1.63 bits per heavy atom. The van der Waals surface area contributed by atoms with Crippen molar-refractivity contribution in [1.82, 2.24) is 76.1 Å². The molecule has 9 heterocycles. The average Bonchev–Trinajstić information content (AvgIpc) is 1.42. The van der Waals surface area contributed by atoms with Gasteiger partial charge in [-0.05, 0) is 174 Å². The number of fused-ring (bicyclic) bond motifs is 2. The first kappa shape index (κ1) is 105. The van der Waals surface area contributed by atoms with Gasteiger partial charge in [-0.3, -0.25) is 24.0 Å². The number of H-pyrrole nitrogens is 1. The van der Waals surface area contributed by atoms with E-state index in [-0.39, 0.29) is 172 Å². The van der Waals surface area contributed by atoms with E-state index >= 15 is 18.0 Å². The van der Waals surface area contributed by atoms with Crippen LogP contribution in [0.15, 0.2) is 202 Å². The molecule has 0 saturated carbocycles. The van der Waals surface area contributed by atoms with Crippen LogP contribution >= 0.6 is 58.0 Å². The minimum absolute atomic E-state index is 0.0352. The highest BCUT2D eigenvalue weighted by atomic mass is 35.5. The molecule has 3 aliphatic rings. The summed E-state index contributed by atoms with van der Waals surface area (Å²) in [4.78, 5) is 76.3. The number of piperidine rings is 2. The molecule has 0 aliphatic carbocycles. The smallest absolute Gasteiger partial charge is 0.391 e. The number of carbonyl (C=O) groups is 5. The molecule has 6 aromatic heterocycles. The maximum Gasteiger partial charge on any atom is 0.391 e. The monoisotopic (exact) mass is 2070 g/mol. The normalized spacial score (nSPS) is 16.0. The van der Waals surface area contributed by atoms with E-state index in [2.05, 4.69) is 41.5 Å². The first-order valence-corrected chi connectivity index (χ1v) is 50.8. The first-order valence-electron chi connectivity index (χ1n) is 43.0. The number of carbonyl (C=O) groups excluding carboxylic acids is 4. The van der Waals surface area contributed by atoms with E-state index in [1.807, 2.05) is 31.2 Å². The number of hydrogen-bond acceptors (Lipinski definition) is 20. The van der Waals surface area contributed by atoms with E-state index < -0.39 is 129 Å². The van der Waals surface area contributed by atoms with Crippen molar-refractivity contribution in [3.8, 4) is 30.0 Å². The zero-order chi connectivity index (χ0) is 100. The number of aromatic amines is 1. The quantitative estimate of drug-likeness (QED) is 0.0255. The Hall–Kier alpha value is -12.1. The summed E-state index contributed by atoms with van der Waals surface area (Å²) < 4.78 is 175. The van der Waals surface area contributed by atoms with E-state index in [0.717, 1.165) is 9.87 Å². The fraction of sp³-hybridized carbons (Fsp3) is 0.352. The van der Waals surface area contributed by atoms with Gasteiger partial charge in [-0.15, -0.1) is 10.2 Å². The molecule has 47 heteroatoms. The fourth-order valence-electron chi connectivity index (χ4n) is 17.0. The first-order chi connectivity index (χ1) is 65.5. The molecule has 7 atom stereocenters. The molecular weight excluding hydrogens is 1980 g/mol. The molecule has 2 fully saturated rings. The van der Waals surface area contributed by atoms with Crippen LogP contribution < -0.4 is 18.9 Å². The Kier molecular flexibility index (Phi) is 34.3. The molecule has 5 N–H and O–H groups in total. The van der Waals surface area contributed by atoms with Crippen LogP contribution in [0.2, 0.25) is 25.1 Å². The number of methoxy groups -OCH3 is 1. The molecule has 0 radical (unpaired) electrons. The van der Waals surface area contributed by atoms with Crippen LogP contribution in [-0.2, 0) is 103 Å². The highest BCUT2D eigenvalue weighted by Crippen LogP contribution is 2.41. The largest absolute Gasteiger partial charge is 0.496 e. The lowest BCUT2D eigenvalue weighted by Crippen LogP contribution is -2.56. The minimum atomic E-state index is -4.96. The number of likely N-dealkylation sites (tertiary alicyclic amines) is 2. The predicted molar refractivity (Wildman–Crippen MR) is 503 cm³/mol. The summed E-state index contributed by atoms with van der Waals surface area (Å²) in [6.45, 7) is 5.65. The highest BCUT2D eigenvalue weighted by molar-refractivity contribution is 7.90. The summed E-state index contributed by atoms with van der Waals surface area (Å²) in [6, 6.07) is 39.2. The molecule has 11 aromatic rings. The van der Waals surface area contributed by atoms with Crippen LogP contribution in [0.25, 0.3) is 10.9 Å². The number of ether oxygens (including phenoxy) is 1. The molecule has 5 aromatic carbocycles. The van der Waals surface area contributed by atoms with Gasteiger partial charge in [-0.1, -0.05) is 106 Å². The Bertz CT molecular complexity index is 6960. The number of carboxylic acid groups (broad SMARTS) is 1. The molecule has 7 unspecified atom stereocenters. The van der Waals surface area contributed by atoms with Crippen molar-refractivity contribution in [2.45, 2.75) is 174 Å². The van der Waals surface area contributed by atoms with Gasteiger partial charge in [0.05, 0.1) is 55.5 Å². The molecule has 35 nitrogen and oxygen atoms in total. The van der Waals surface area contributed by atoms with E-state index in [9.17, 15) is 79.0 Å². The van der Waals surface area contributed by atoms with Gasteiger partial charge in [0.2, 0.25) is 63.7 Å². The zero-order valence-electron chi connectivity index (χ0n) is 74.6. The number of alkyl halides is 3. The van der Waals surface area contributed by atoms with Gasteiger partial charge >= 0.3 is 12.1 Å². The summed E-state index contributed by atoms with van der Waals surface area (Å²) in [5, 5.41) is 56.3. The summed E-state index contributed by atoms with van der Waals surface area (Å²) >= 11 is 30.8. The maximum atomic E-state index is 16.2. The molecular formula is C91H94Cl5F3N20O15S4. The molecule has 728 valence electrons. The molecule has 2 saturated heterocycles. The number of aryl methyl sites for hydroxylation is 5. The molecule has 14 rings (SSSR count). The van der Waals surface area contributed by atoms with Gasteiger partial charge in [0.1, 0.15) is 104 Å². The standard InChI is InChI=1S/C48H49ClN12O7S2.C22H24Cl2N4O5S.C21H21Cl2F3N4O3S/c1-32-15-16-42(68-4)34(25-32)29-56(3)47(62)40(55-69(64,65)46-33(2)9-5-12-38(46)49)26-45(60-21-8-11-36(60)28-51)61(70(66,67)43-14-6-13-39-37(43)17-19-52-39)41(18-22-57-20-7-10-35(57)27-50)48(63)58-23-24-59-31-53-54-44(59)30-58;1-14-12-15(22(30)31)7-11-28(14)21(29)19(8-10-27-9-3-4-16(27)13-25)26-34(32,33)20-17(23)5-2-6-18(20)24;22-16-4-1-5-17(23)19(16)34(32,33)28-18(8-12-29-9-2-3-15(29)13-27)20(31)30-10-6-14(7-11-30)21(24,25)26/h5-17,19-21,25,31,40-41,45,52,55H,18,22-24,26,29-30H2,1-4H3;2-6,9,14-15,19,26H,7-8,10-12H2,1H3,(H,30,31);1-5,9,14,18,28H,6-8,10-12H2. The minimum Gasteiger partial charge on any atom is -0.496 e. The van der Waals surface area contributed by atoms with Gasteiger partial charge in [0.25, 0.3) is 0 Å². The van der Waals surface area contributed by atoms with Crippen molar-refractivity contribution in [3.05, 3.63) is 253 Å². The van der Waals surface area contributed by atoms with Crippen LogP contribution in [0.3, 0.4) is 0 Å². The van der Waals surface area contributed by atoms with Crippen LogP contribution in [0.1, 0.15) is 110 Å². The number of amides is 4. The number of hydrogen-bond donors (Lipinski definition) is 5. The second kappa shape index (κ2) is 45.2. The Balaban J connectivity index is 0.000000209. The van der Waals surface area contributed by atoms with E-state index in [1.54, 1.807) is 130 Å².